The Morgan fingerprint density at radius 2 is 1.11 bits per heavy atom. The number of rotatable bonds is 5. The Bertz CT molecular complexity index is 3520. The van der Waals surface area contributed by atoms with Crippen molar-refractivity contribution in [3.63, 3.8) is 0 Å². The highest BCUT2D eigenvalue weighted by Crippen LogP contribution is 2.40. The standard InChI is InChI=1S/C51H31N3O2S/c1-2-11-30(12-3-1)31-23-25-32(26-24-31)49-52-50(33-27-28-35-34-13-4-6-19-41(34)55-43(35)29-33)54-51(53-49)40-18-9-20-42-46(40)39-17-8-16-37(48(39)56-42)36-15-10-22-45-47(36)38-14-5-7-21-44(38)57-45/h1-9,11-14,16-29H,10,15H2. The van der Waals surface area contributed by atoms with Gasteiger partial charge < -0.3 is 8.83 Å². The summed E-state index contributed by atoms with van der Waals surface area (Å²) in [6, 6.07) is 54.6. The normalized spacial score (nSPS) is 12.9. The van der Waals surface area contributed by atoms with Gasteiger partial charge in [0.1, 0.15) is 22.3 Å². The summed E-state index contributed by atoms with van der Waals surface area (Å²) < 4.78 is 15.8. The second-order valence-electron chi connectivity index (χ2n) is 14.6. The van der Waals surface area contributed by atoms with Crippen LogP contribution >= 0.6 is 11.3 Å². The smallest absolute Gasteiger partial charge is 0.164 e. The first kappa shape index (κ1) is 32.1. The summed E-state index contributed by atoms with van der Waals surface area (Å²) >= 11 is 1.87. The van der Waals surface area contributed by atoms with Gasteiger partial charge in [0.05, 0.1) is 0 Å². The Morgan fingerprint density at radius 3 is 2.00 bits per heavy atom. The van der Waals surface area contributed by atoms with Crippen LogP contribution in [0.25, 0.3) is 111 Å². The average Bonchev–Trinajstić information content (AvgIpc) is 3.98. The molecule has 268 valence electrons. The molecule has 4 heterocycles. The number of furan rings is 2. The second kappa shape index (κ2) is 12.7. The van der Waals surface area contributed by atoms with Crippen LogP contribution in [-0.4, -0.2) is 15.0 Å². The van der Waals surface area contributed by atoms with Gasteiger partial charge >= 0.3 is 0 Å². The molecule has 0 spiro atoms. The van der Waals surface area contributed by atoms with E-state index in [0.717, 1.165) is 90.1 Å². The van der Waals surface area contributed by atoms with Crippen LogP contribution in [0.15, 0.2) is 167 Å². The van der Waals surface area contributed by atoms with Crippen LogP contribution in [-0.2, 0) is 0 Å². The van der Waals surface area contributed by atoms with Gasteiger partial charge in [-0.15, -0.1) is 11.3 Å². The summed E-state index contributed by atoms with van der Waals surface area (Å²) in [7, 11) is 0. The third kappa shape index (κ3) is 5.18. The molecule has 7 aromatic carbocycles. The molecule has 12 rings (SSSR count). The first-order valence-electron chi connectivity index (χ1n) is 19.2. The van der Waals surface area contributed by atoms with Gasteiger partial charge in [0.15, 0.2) is 17.5 Å². The molecule has 4 aromatic heterocycles. The van der Waals surface area contributed by atoms with E-state index >= 15 is 0 Å². The molecule has 57 heavy (non-hydrogen) atoms. The van der Waals surface area contributed by atoms with Crippen LogP contribution in [0.1, 0.15) is 18.4 Å². The molecular formula is C51H31N3O2S. The molecule has 0 radical (unpaired) electrons. The minimum Gasteiger partial charge on any atom is -0.456 e. The largest absolute Gasteiger partial charge is 0.456 e. The summed E-state index contributed by atoms with van der Waals surface area (Å²) in [5, 5.41) is 6.81. The fourth-order valence-electron chi connectivity index (χ4n) is 8.60. The van der Waals surface area contributed by atoms with Gasteiger partial charge in [-0.1, -0.05) is 133 Å². The number of thiophene rings is 1. The van der Waals surface area contributed by atoms with Gasteiger partial charge in [0, 0.05) is 63.6 Å². The minimum atomic E-state index is 0.570. The molecule has 0 bridgehead atoms. The van der Waals surface area contributed by atoms with Crippen molar-refractivity contribution in [1.82, 2.24) is 15.0 Å². The summed E-state index contributed by atoms with van der Waals surface area (Å²) in [4.78, 5) is 15.5. The Hall–Kier alpha value is -7.15. The highest BCUT2D eigenvalue weighted by atomic mass is 32.1. The zero-order valence-corrected chi connectivity index (χ0v) is 31.4. The van der Waals surface area contributed by atoms with E-state index in [0.29, 0.717) is 17.5 Å². The maximum Gasteiger partial charge on any atom is 0.164 e. The van der Waals surface area contributed by atoms with Crippen molar-refractivity contribution in [2.45, 2.75) is 12.8 Å². The van der Waals surface area contributed by atoms with E-state index in [-0.39, 0.29) is 0 Å². The molecular weight excluding hydrogens is 719 g/mol. The van der Waals surface area contributed by atoms with E-state index in [1.54, 1.807) is 0 Å². The van der Waals surface area contributed by atoms with E-state index in [1.807, 2.05) is 53.8 Å². The molecule has 0 unspecified atom stereocenters. The van der Waals surface area contributed by atoms with Crippen LogP contribution in [0, 0.1) is 0 Å². The van der Waals surface area contributed by atoms with E-state index in [1.165, 1.54) is 25.4 Å². The van der Waals surface area contributed by atoms with Crippen molar-refractivity contribution in [2.24, 2.45) is 0 Å². The van der Waals surface area contributed by atoms with E-state index in [4.69, 9.17) is 23.8 Å². The van der Waals surface area contributed by atoms with Crippen LogP contribution in [0.2, 0.25) is 0 Å². The first-order chi connectivity index (χ1) is 28.2. The van der Waals surface area contributed by atoms with Gasteiger partial charge in [-0.2, -0.15) is 0 Å². The lowest BCUT2D eigenvalue weighted by Gasteiger charge is -2.11. The van der Waals surface area contributed by atoms with Crippen molar-refractivity contribution in [3.05, 3.63) is 173 Å². The van der Waals surface area contributed by atoms with E-state index < -0.39 is 0 Å². The lowest BCUT2D eigenvalue weighted by Crippen LogP contribution is -2.25. The summed E-state index contributed by atoms with van der Waals surface area (Å²) in [5.74, 6) is 1.74. The predicted molar refractivity (Wildman–Crippen MR) is 233 cm³/mol. The first-order valence-corrected chi connectivity index (χ1v) is 20.0. The average molecular weight is 750 g/mol. The molecule has 11 aromatic rings. The summed E-state index contributed by atoms with van der Waals surface area (Å²) in [6.45, 7) is 0. The highest BCUT2D eigenvalue weighted by Gasteiger charge is 2.22. The molecule has 0 N–H and O–H groups in total. The molecule has 0 amide bonds. The molecule has 0 saturated carbocycles. The number of aromatic nitrogens is 3. The molecule has 0 fully saturated rings. The van der Waals surface area contributed by atoms with Crippen LogP contribution in [0.4, 0.5) is 0 Å². The fourth-order valence-corrected chi connectivity index (χ4v) is 9.80. The van der Waals surface area contributed by atoms with Gasteiger partial charge in [-0.05, 0) is 59.9 Å². The third-order valence-corrected chi connectivity index (χ3v) is 12.4. The van der Waals surface area contributed by atoms with Crippen molar-refractivity contribution in [2.75, 3.05) is 0 Å². The summed E-state index contributed by atoms with van der Waals surface area (Å²) in [6.07, 6.45) is 4.34. The quantitative estimate of drug-likeness (QED) is 0.175. The second-order valence-corrected chi connectivity index (χ2v) is 15.7. The Labute approximate surface area is 330 Å². The maximum atomic E-state index is 6.85. The van der Waals surface area contributed by atoms with Crippen LogP contribution in [0.5, 0.6) is 0 Å². The molecule has 0 aliphatic heterocycles. The molecule has 0 saturated heterocycles. The third-order valence-electron chi connectivity index (χ3n) is 11.3. The Balaban J connectivity index is 1.07. The maximum absolute atomic E-state index is 6.85. The SMILES string of the molecule is C1=c2sc3ccccc3c2=C(c2cccc3c2oc2cccc(-c4nc(-c5ccc(-c6ccccc6)cc5)nc(-c5ccc6c(c5)oc5ccccc56)n4)c23)CC1. The Kier molecular flexibility index (Phi) is 7.16. The van der Waals surface area contributed by atoms with Gasteiger partial charge in [0.25, 0.3) is 0 Å². The zero-order valence-electron chi connectivity index (χ0n) is 30.6. The lowest BCUT2D eigenvalue weighted by molar-refractivity contribution is 0.667. The van der Waals surface area contributed by atoms with Crippen molar-refractivity contribution in [3.8, 4) is 45.3 Å². The monoisotopic (exact) mass is 749 g/mol. The predicted octanol–water partition coefficient (Wildman–Crippen LogP) is 12.3. The molecule has 1 aliphatic carbocycles. The van der Waals surface area contributed by atoms with E-state index in [2.05, 4.69) is 121 Å². The van der Waals surface area contributed by atoms with Crippen molar-refractivity contribution < 1.29 is 8.83 Å². The van der Waals surface area contributed by atoms with Gasteiger partial charge in [-0.25, -0.2) is 15.0 Å². The van der Waals surface area contributed by atoms with Crippen LogP contribution < -0.4 is 9.75 Å². The van der Waals surface area contributed by atoms with Crippen molar-refractivity contribution >= 4 is 76.9 Å². The molecule has 6 heteroatoms. The number of benzene rings is 7. The van der Waals surface area contributed by atoms with E-state index in [9.17, 15) is 0 Å². The van der Waals surface area contributed by atoms with Gasteiger partial charge in [-0.3, -0.25) is 0 Å². The fraction of sp³-hybridized carbons (Fsp3) is 0.0392. The van der Waals surface area contributed by atoms with Crippen molar-refractivity contribution in [1.29, 1.82) is 0 Å². The number of nitrogens with zero attached hydrogens (tertiary/aromatic N) is 3. The highest BCUT2D eigenvalue weighted by molar-refractivity contribution is 7.17. The number of hydrogen-bond donors (Lipinski definition) is 0. The Morgan fingerprint density at radius 1 is 0.456 bits per heavy atom. The molecule has 0 atom stereocenters. The lowest BCUT2D eigenvalue weighted by atomic mass is 9.93. The zero-order chi connectivity index (χ0) is 37.5. The van der Waals surface area contributed by atoms with Crippen LogP contribution in [0.3, 0.4) is 0 Å². The molecule has 1 aliphatic rings. The minimum absolute atomic E-state index is 0.570. The topological polar surface area (TPSA) is 65.0 Å². The number of para-hydroxylation sites is 2. The number of fused-ring (bicyclic) bond motifs is 9. The number of hydrogen-bond acceptors (Lipinski definition) is 6. The molecule has 5 nitrogen and oxygen atoms in total. The summed E-state index contributed by atoms with van der Waals surface area (Å²) in [5.41, 5.74) is 10.7. The van der Waals surface area contributed by atoms with Gasteiger partial charge in [0.2, 0.25) is 0 Å².